The van der Waals surface area contributed by atoms with E-state index in [1.807, 2.05) is 54.6 Å². The quantitative estimate of drug-likeness (QED) is 0.277. The van der Waals surface area contributed by atoms with Gasteiger partial charge >= 0.3 is 0 Å². The SMILES string of the molecule is ON=C(c1ccccc1)c1cccc2nc(N[C@@H]3CCc4ccccc43)ccc12. The molecule has 0 unspecified atom stereocenters. The standard InChI is InChI=1S/C25H21N3O/c29-28-25(18-8-2-1-3-9-18)21-11-6-12-22-20(21)14-16-24(26-22)27-23-15-13-17-7-4-5-10-19(17)23/h1-12,14,16,23,29H,13,15H2,(H,26,27)/t23-/m1/s1. The van der Waals surface area contributed by atoms with Crippen LogP contribution in [0.15, 0.2) is 90.1 Å². The van der Waals surface area contributed by atoms with Crippen molar-refractivity contribution in [1.82, 2.24) is 4.98 Å². The average Bonchev–Trinajstić information content (AvgIpc) is 3.18. The number of fused-ring (bicyclic) bond motifs is 2. The van der Waals surface area contributed by atoms with Crippen molar-refractivity contribution in [3.05, 3.63) is 107 Å². The van der Waals surface area contributed by atoms with E-state index in [4.69, 9.17) is 4.98 Å². The minimum absolute atomic E-state index is 0.290. The minimum atomic E-state index is 0.290. The fraction of sp³-hybridized carbons (Fsp3) is 0.120. The number of pyridine rings is 1. The molecule has 0 saturated carbocycles. The third-order valence-electron chi connectivity index (χ3n) is 5.59. The van der Waals surface area contributed by atoms with Gasteiger partial charge in [0.2, 0.25) is 0 Å². The molecule has 4 heteroatoms. The second-order valence-corrected chi connectivity index (χ2v) is 7.32. The number of oxime groups is 1. The Hall–Kier alpha value is -3.66. The Morgan fingerprint density at radius 2 is 1.72 bits per heavy atom. The molecule has 3 aromatic carbocycles. The summed E-state index contributed by atoms with van der Waals surface area (Å²) in [6.45, 7) is 0. The normalized spacial score (nSPS) is 16.0. The molecule has 4 nitrogen and oxygen atoms in total. The topological polar surface area (TPSA) is 57.5 Å². The molecule has 1 aromatic heterocycles. The van der Waals surface area contributed by atoms with E-state index >= 15 is 0 Å². The molecular formula is C25H21N3O. The fourth-order valence-corrected chi connectivity index (χ4v) is 4.19. The van der Waals surface area contributed by atoms with Crippen LogP contribution in [0.4, 0.5) is 5.82 Å². The van der Waals surface area contributed by atoms with Gasteiger partial charge in [0.1, 0.15) is 11.5 Å². The van der Waals surface area contributed by atoms with Gasteiger partial charge in [-0.05, 0) is 42.2 Å². The summed E-state index contributed by atoms with van der Waals surface area (Å²) in [4.78, 5) is 4.83. The molecule has 0 radical (unpaired) electrons. The summed E-state index contributed by atoms with van der Waals surface area (Å²) in [5.41, 5.74) is 5.93. The van der Waals surface area contributed by atoms with Crippen LogP contribution in [0.1, 0.15) is 34.7 Å². The van der Waals surface area contributed by atoms with Gasteiger partial charge in [0, 0.05) is 16.5 Å². The zero-order valence-corrected chi connectivity index (χ0v) is 15.9. The lowest BCUT2D eigenvalue weighted by molar-refractivity contribution is 0.319. The van der Waals surface area contributed by atoms with Crippen molar-refractivity contribution in [3.63, 3.8) is 0 Å². The molecule has 0 spiro atoms. The first-order chi connectivity index (χ1) is 14.3. The van der Waals surface area contributed by atoms with Crippen LogP contribution >= 0.6 is 0 Å². The molecule has 2 N–H and O–H groups in total. The van der Waals surface area contributed by atoms with E-state index in [9.17, 15) is 5.21 Å². The highest BCUT2D eigenvalue weighted by molar-refractivity contribution is 6.18. The Kier molecular flexibility index (Phi) is 4.45. The van der Waals surface area contributed by atoms with Crippen LogP contribution in [0.25, 0.3) is 10.9 Å². The van der Waals surface area contributed by atoms with Crippen LogP contribution in [-0.2, 0) is 6.42 Å². The van der Waals surface area contributed by atoms with Gasteiger partial charge in [0.15, 0.2) is 0 Å². The summed E-state index contributed by atoms with van der Waals surface area (Å²) in [7, 11) is 0. The molecule has 142 valence electrons. The smallest absolute Gasteiger partial charge is 0.127 e. The van der Waals surface area contributed by atoms with E-state index in [0.717, 1.165) is 40.7 Å². The van der Waals surface area contributed by atoms with Crippen molar-refractivity contribution in [3.8, 4) is 0 Å². The Morgan fingerprint density at radius 3 is 2.59 bits per heavy atom. The summed E-state index contributed by atoms with van der Waals surface area (Å²) < 4.78 is 0. The first kappa shape index (κ1) is 17.4. The zero-order valence-electron chi connectivity index (χ0n) is 15.9. The van der Waals surface area contributed by atoms with E-state index in [2.05, 4.69) is 40.8 Å². The predicted octanol–water partition coefficient (Wildman–Crippen LogP) is 5.56. The van der Waals surface area contributed by atoms with Crippen molar-refractivity contribution in [1.29, 1.82) is 0 Å². The first-order valence-electron chi connectivity index (χ1n) is 9.85. The van der Waals surface area contributed by atoms with Gasteiger partial charge in [0.25, 0.3) is 0 Å². The number of anilines is 1. The minimum Gasteiger partial charge on any atom is -0.410 e. The third kappa shape index (κ3) is 3.23. The summed E-state index contributed by atoms with van der Waals surface area (Å²) in [6, 6.07) is 28.6. The summed E-state index contributed by atoms with van der Waals surface area (Å²) in [5, 5.41) is 17.8. The summed E-state index contributed by atoms with van der Waals surface area (Å²) >= 11 is 0. The average molecular weight is 379 g/mol. The van der Waals surface area contributed by atoms with Crippen molar-refractivity contribution >= 4 is 22.4 Å². The van der Waals surface area contributed by atoms with Crippen LogP contribution < -0.4 is 5.32 Å². The Morgan fingerprint density at radius 1 is 0.897 bits per heavy atom. The number of nitrogens with zero attached hydrogens (tertiary/aromatic N) is 2. The first-order valence-corrected chi connectivity index (χ1v) is 9.85. The van der Waals surface area contributed by atoms with Gasteiger partial charge in [-0.1, -0.05) is 71.9 Å². The zero-order chi connectivity index (χ0) is 19.6. The molecule has 4 aromatic rings. The van der Waals surface area contributed by atoms with E-state index in [1.165, 1.54) is 11.1 Å². The van der Waals surface area contributed by atoms with E-state index in [-0.39, 0.29) is 0 Å². The Balaban J connectivity index is 1.50. The second kappa shape index (κ2) is 7.40. The maximum Gasteiger partial charge on any atom is 0.127 e. The number of nitrogens with one attached hydrogen (secondary N) is 1. The van der Waals surface area contributed by atoms with E-state index in [0.29, 0.717) is 11.8 Å². The number of benzene rings is 3. The molecule has 1 aliphatic carbocycles. The van der Waals surface area contributed by atoms with Gasteiger partial charge in [0.05, 0.1) is 11.6 Å². The number of aromatic nitrogens is 1. The molecule has 29 heavy (non-hydrogen) atoms. The van der Waals surface area contributed by atoms with Gasteiger partial charge in [-0.25, -0.2) is 4.98 Å². The van der Waals surface area contributed by atoms with Crippen LogP contribution in [-0.4, -0.2) is 15.9 Å². The third-order valence-corrected chi connectivity index (χ3v) is 5.59. The van der Waals surface area contributed by atoms with Gasteiger partial charge < -0.3 is 10.5 Å². The van der Waals surface area contributed by atoms with Crippen molar-refractivity contribution in [2.45, 2.75) is 18.9 Å². The van der Waals surface area contributed by atoms with Gasteiger partial charge in [-0.2, -0.15) is 0 Å². The van der Waals surface area contributed by atoms with Crippen LogP contribution in [0.2, 0.25) is 0 Å². The van der Waals surface area contributed by atoms with Crippen molar-refractivity contribution < 1.29 is 5.21 Å². The summed E-state index contributed by atoms with van der Waals surface area (Å²) in [6.07, 6.45) is 2.17. The van der Waals surface area contributed by atoms with Crippen LogP contribution in [0.5, 0.6) is 0 Å². The number of aryl methyl sites for hydroxylation is 1. The highest BCUT2D eigenvalue weighted by Crippen LogP contribution is 2.33. The highest BCUT2D eigenvalue weighted by atomic mass is 16.4. The lowest BCUT2D eigenvalue weighted by Crippen LogP contribution is -2.09. The monoisotopic (exact) mass is 379 g/mol. The molecular weight excluding hydrogens is 358 g/mol. The molecule has 5 rings (SSSR count). The highest BCUT2D eigenvalue weighted by Gasteiger charge is 2.22. The summed E-state index contributed by atoms with van der Waals surface area (Å²) in [5.74, 6) is 0.860. The molecule has 0 fully saturated rings. The van der Waals surface area contributed by atoms with Crippen molar-refractivity contribution in [2.75, 3.05) is 5.32 Å². The number of hydrogen-bond donors (Lipinski definition) is 2. The number of rotatable bonds is 4. The molecule has 0 amide bonds. The lowest BCUT2D eigenvalue weighted by atomic mass is 9.98. The van der Waals surface area contributed by atoms with Gasteiger partial charge in [-0.3, -0.25) is 0 Å². The Bertz CT molecular complexity index is 1200. The molecule has 1 aliphatic rings. The van der Waals surface area contributed by atoms with Crippen LogP contribution in [0.3, 0.4) is 0 Å². The molecule has 1 atom stereocenters. The largest absolute Gasteiger partial charge is 0.410 e. The molecule has 0 aliphatic heterocycles. The predicted molar refractivity (Wildman–Crippen MR) is 117 cm³/mol. The van der Waals surface area contributed by atoms with E-state index < -0.39 is 0 Å². The van der Waals surface area contributed by atoms with Crippen molar-refractivity contribution in [2.24, 2.45) is 5.16 Å². The van der Waals surface area contributed by atoms with E-state index in [1.54, 1.807) is 0 Å². The lowest BCUT2D eigenvalue weighted by Gasteiger charge is -2.16. The molecule has 1 heterocycles. The number of hydrogen-bond acceptors (Lipinski definition) is 4. The fourth-order valence-electron chi connectivity index (χ4n) is 4.19. The Labute approximate surface area is 169 Å². The molecule has 0 saturated heterocycles. The maximum absolute atomic E-state index is 9.68. The van der Waals surface area contributed by atoms with Gasteiger partial charge in [-0.15, -0.1) is 0 Å². The second-order valence-electron chi connectivity index (χ2n) is 7.32. The van der Waals surface area contributed by atoms with Crippen LogP contribution in [0, 0.1) is 0 Å². The maximum atomic E-state index is 9.68. The molecule has 0 bridgehead atoms.